The smallest absolute Gasteiger partial charge is 0.238 e. The Bertz CT molecular complexity index is 4210. The molecular weight excluding hydrogens is 1730 g/mol. The average molecular weight is 1930 g/mol. The maximum atomic E-state index is 12.8. The molecule has 786 valence electrons. The topological polar surface area (TPSA) is 283 Å². The van der Waals surface area contributed by atoms with Crippen molar-refractivity contribution >= 4 is 57.0 Å². The molecule has 0 radical (unpaired) electrons. The molecule has 3 N–H and O–H groups in total. The van der Waals surface area contributed by atoms with Gasteiger partial charge in [0, 0.05) is 189 Å². The Labute approximate surface area is 830 Å². The largest absolute Gasteiger partial charge is 0.394 e. The second-order valence-corrected chi connectivity index (χ2v) is 51.6. The van der Waals surface area contributed by atoms with Gasteiger partial charge in [0.2, 0.25) is 45.5 Å². The number of primary sulfonamides is 1. The van der Waals surface area contributed by atoms with E-state index in [0.717, 1.165) is 94.1 Å². The van der Waals surface area contributed by atoms with Crippen LogP contribution in [0.3, 0.4) is 0 Å². The molecule has 0 atom stereocenters. The quantitative estimate of drug-likeness (QED) is 0.0313. The van der Waals surface area contributed by atoms with Gasteiger partial charge in [-0.2, -0.15) is 0 Å². The lowest BCUT2D eigenvalue weighted by Gasteiger charge is -2.41. The van der Waals surface area contributed by atoms with Crippen molar-refractivity contribution in [1.82, 2.24) is 64.1 Å². The Kier molecular flexibility index (Phi) is 54.1. The van der Waals surface area contributed by atoms with Gasteiger partial charge < -0.3 is 53.1 Å². The van der Waals surface area contributed by atoms with E-state index in [4.69, 9.17) is 19.5 Å². The lowest BCUT2D eigenvalue weighted by molar-refractivity contribution is -0.869. The number of amides is 6. The highest BCUT2D eigenvalue weighted by atomic mass is 32.2. The predicted octanol–water partition coefficient (Wildman–Crippen LogP) is 16.5. The predicted molar refractivity (Wildman–Crippen MR) is 567 cm³/mol. The van der Waals surface area contributed by atoms with Crippen LogP contribution in [-0.4, -0.2) is 346 Å². The third-order valence-electron chi connectivity index (χ3n) is 23.8. The maximum Gasteiger partial charge on any atom is 0.238 e. The van der Waals surface area contributed by atoms with E-state index >= 15 is 0 Å². The molecule has 0 aliphatic rings. The molecule has 0 saturated carbocycles. The molecular formula is C107H202N17O11S+. The van der Waals surface area contributed by atoms with Crippen molar-refractivity contribution in [3.8, 4) is 0 Å². The van der Waals surface area contributed by atoms with Gasteiger partial charge in [0.25, 0.3) is 0 Å². The van der Waals surface area contributed by atoms with Crippen molar-refractivity contribution in [2.24, 2.45) is 43.0 Å². The van der Waals surface area contributed by atoms with Gasteiger partial charge in [-0.05, 0) is 227 Å². The van der Waals surface area contributed by atoms with Gasteiger partial charge in [-0.1, -0.05) is 162 Å². The second kappa shape index (κ2) is 56.1. The monoisotopic (exact) mass is 1930 g/mol. The fraction of sp³-hybridized carbons (Fsp3) is 0.766. The molecule has 0 aliphatic heterocycles. The van der Waals surface area contributed by atoms with Crippen LogP contribution in [0.1, 0.15) is 273 Å². The molecule has 0 unspecified atom stereocenters. The number of quaternary nitrogens is 1. The minimum absolute atomic E-state index is 0.00902. The summed E-state index contributed by atoms with van der Waals surface area (Å²) in [5, 5.41) is 17.9. The van der Waals surface area contributed by atoms with Gasteiger partial charge in [-0.15, -0.1) is 0 Å². The number of aryl methyl sites for hydroxylation is 1. The van der Waals surface area contributed by atoms with E-state index in [0.29, 0.717) is 76.5 Å². The Hall–Kier alpha value is -6.90. The summed E-state index contributed by atoms with van der Waals surface area (Å²) in [6.45, 7) is 92.1. The average Bonchev–Trinajstić information content (AvgIpc) is 1.57. The van der Waals surface area contributed by atoms with Crippen LogP contribution in [0.25, 0.3) is 0 Å². The summed E-state index contributed by atoms with van der Waals surface area (Å²) in [6.07, 6.45) is 8.63. The molecule has 28 nitrogen and oxygen atoms in total. The number of sulfonamides is 1. The van der Waals surface area contributed by atoms with Gasteiger partial charge in [-0.25, -0.2) is 13.6 Å². The molecule has 4 aromatic rings. The number of rotatable bonds is 37. The molecule has 3 aromatic heterocycles. The number of aromatic nitrogens is 3. The first-order valence-corrected chi connectivity index (χ1v) is 50.6. The summed E-state index contributed by atoms with van der Waals surface area (Å²) >= 11 is 0. The van der Waals surface area contributed by atoms with E-state index in [-0.39, 0.29) is 90.9 Å². The number of carbonyl (C=O) groups excluding carboxylic acids is 6. The van der Waals surface area contributed by atoms with Crippen molar-refractivity contribution < 1.29 is 56.0 Å². The number of aliphatic hydroxyl groups is 1. The van der Waals surface area contributed by atoms with Crippen LogP contribution in [0.15, 0.2) is 88.8 Å². The lowest BCUT2D eigenvalue weighted by atomic mass is 9.88. The van der Waals surface area contributed by atoms with Gasteiger partial charge in [0.15, 0.2) is 5.82 Å². The molecule has 4 rings (SSSR count). The SMILES string of the molecule is CN(CC(C)(C)CN(CCOCCO)C(=O)C(C)(C)C)C(C)(C)C.CN(CCN(C(=O)C(C)(C)C)c1cccnc1)C(C)(C)C.CN(CCN(CC[N+](C)(C)C)C(=O)C(C)(C)C)C(C)(C)C.CN(CCN(CCc1ccc(S(N)(=O)=O)cc1)C(=O)C(C)(C)C)C(C)(C)C.CN(CCN(CCc1cccnc1)C(=O)C(C)(C)C)C(C)(C)C.Cc1cc(N(CCN(C)C(C)C)C(=O)C(C)(C)C)no1. The standard InChI is InChI=1S/C20H35N3O3S.C19H33N3O.C19H40N2O3.C17H29N3O.C17H38N3O.C15H27N3O2/c1-19(2,3)18(24)23(15-14-22(7)20(4,5)6)13-12-16-8-10-17(11-9-16)27(21,25)26;1-18(2,3)17(23)22(14-13-21(7)19(4,5)6)12-10-16-9-8-11-20-15-16;1-17(2,3)16(23)21(10-12-24-13-11-22)15-19(7,8)14-20(9)18(4,5)6;1-16(2,3)15(21)20(14-9-8-10-18-13-14)12-11-19(7)17(4,5)6;1-16(2,3)15(21)19(13-14-20(8,9)10)12-11-18(7)17(4,5)6;1-11(2)17(7)8-9-18(14(19)15(4,5)6)13-10-12(3)20-16-13/h8-11H,12-15H2,1-7H3,(H2,21,25,26);8-9,11,15H,10,12-14H2,1-7H3;22H,10-15H2,1-9H3;8-10,13H,11-12H2,1-7H3;11-14H2,1-10H3;10-11H,8-9H2,1-7H3/q;;;;+1;. The molecule has 1 aromatic carbocycles. The molecule has 3 heterocycles. The number of carbonyl (C=O) groups is 6. The normalized spacial score (nSPS) is 12.9. The van der Waals surface area contributed by atoms with E-state index in [2.05, 4.69) is 246 Å². The number of pyridine rings is 2. The minimum atomic E-state index is -3.69. The molecule has 0 saturated heterocycles. The van der Waals surface area contributed by atoms with Crippen molar-refractivity contribution in [2.45, 2.75) is 315 Å². The molecule has 136 heavy (non-hydrogen) atoms. The van der Waals surface area contributed by atoms with E-state index in [9.17, 15) is 37.2 Å². The summed E-state index contributed by atoms with van der Waals surface area (Å²) < 4.78 is 34.1. The first kappa shape index (κ1) is 131. The van der Waals surface area contributed by atoms with Crippen molar-refractivity contribution in [1.29, 1.82) is 0 Å². The van der Waals surface area contributed by atoms with Crippen LogP contribution in [0, 0.1) is 44.8 Å². The zero-order chi connectivity index (χ0) is 107. The number of ether oxygens (including phenoxy) is 1. The van der Waals surface area contributed by atoms with Gasteiger partial charge in [-0.3, -0.25) is 63.2 Å². The highest BCUT2D eigenvalue weighted by Gasteiger charge is 2.38. The van der Waals surface area contributed by atoms with Crippen LogP contribution in [0.5, 0.6) is 0 Å². The molecule has 0 fully saturated rings. The van der Waals surface area contributed by atoms with Crippen LogP contribution < -0.4 is 14.9 Å². The van der Waals surface area contributed by atoms with E-state index in [1.807, 2.05) is 180 Å². The fourth-order valence-corrected chi connectivity index (χ4v) is 13.1. The summed E-state index contributed by atoms with van der Waals surface area (Å²) in [6, 6.07) is 16.6. The van der Waals surface area contributed by atoms with Crippen LogP contribution in [-0.2, 0) is 56.4 Å². The Morgan fingerprint density at radius 3 is 1.09 bits per heavy atom. The fourth-order valence-electron chi connectivity index (χ4n) is 12.6. The van der Waals surface area contributed by atoms with Gasteiger partial charge in [0.1, 0.15) is 5.76 Å². The minimum Gasteiger partial charge on any atom is -0.394 e. The van der Waals surface area contributed by atoms with E-state index in [1.165, 1.54) is 17.7 Å². The van der Waals surface area contributed by atoms with Gasteiger partial charge >= 0.3 is 0 Å². The van der Waals surface area contributed by atoms with E-state index in [1.54, 1.807) is 41.7 Å². The lowest BCUT2D eigenvalue weighted by Crippen LogP contribution is -2.50. The molecule has 6 amide bonds. The molecule has 0 bridgehead atoms. The number of hydrogen-bond donors (Lipinski definition) is 2. The number of likely N-dealkylation sites (N-methyl/N-ethyl adjacent to an activating group) is 6. The van der Waals surface area contributed by atoms with Crippen LogP contribution in [0.2, 0.25) is 0 Å². The van der Waals surface area contributed by atoms with Crippen molar-refractivity contribution in [3.05, 3.63) is 96.3 Å². The summed E-state index contributed by atoms with van der Waals surface area (Å²) in [7, 11) is 15.4. The third-order valence-corrected chi connectivity index (χ3v) is 24.7. The molecule has 0 spiro atoms. The van der Waals surface area contributed by atoms with Crippen molar-refractivity contribution in [2.75, 3.05) is 204 Å². The van der Waals surface area contributed by atoms with Crippen LogP contribution >= 0.6 is 0 Å². The second-order valence-electron chi connectivity index (χ2n) is 50.1. The van der Waals surface area contributed by atoms with Crippen molar-refractivity contribution in [3.63, 3.8) is 0 Å². The Morgan fingerprint density at radius 1 is 0.412 bits per heavy atom. The Morgan fingerprint density at radius 2 is 0.765 bits per heavy atom. The zero-order valence-electron chi connectivity index (χ0n) is 95.3. The third kappa shape index (κ3) is 54.2. The number of benzene rings is 1. The first-order valence-electron chi connectivity index (χ1n) is 49.1. The summed E-state index contributed by atoms with van der Waals surface area (Å²) in [4.78, 5) is 110. The number of aliphatic hydroxyl groups excluding tert-OH is 1. The Balaban J connectivity index is 0. The highest BCUT2D eigenvalue weighted by Crippen LogP contribution is 2.30. The first-order chi connectivity index (χ1) is 61.1. The summed E-state index contributed by atoms with van der Waals surface area (Å²) in [5.74, 6) is 2.21. The molecule has 29 heteroatoms. The highest BCUT2D eigenvalue weighted by molar-refractivity contribution is 7.89. The number of nitrogens with two attached hydrogens (primary N) is 1. The van der Waals surface area contributed by atoms with Crippen LogP contribution in [0.4, 0.5) is 11.5 Å². The molecule has 0 aliphatic carbocycles. The number of nitrogens with zero attached hydrogens (tertiary/aromatic N) is 16. The maximum absolute atomic E-state index is 12.8. The zero-order valence-corrected chi connectivity index (χ0v) is 96.1. The van der Waals surface area contributed by atoms with E-state index < -0.39 is 31.7 Å². The summed E-state index contributed by atoms with van der Waals surface area (Å²) in [5.41, 5.74) is 1.07. The number of hydrogen-bond acceptors (Lipinski definition) is 20. The number of anilines is 2. The van der Waals surface area contributed by atoms with Gasteiger partial charge in [0.05, 0.1) is 70.8 Å².